The summed E-state index contributed by atoms with van der Waals surface area (Å²) in [5.74, 6) is 0.116. The average molecular weight is 377 g/mol. The molecule has 1 saturated heterocycles. The lowest BCUT2D eigenvalue weighted by molar-refractivity contribution is -0.147. The lowest BCUT2D eigenvalue weighted by atomic mass is 10.1. The van der Waals surface area contributed by atoms with E-state index in [1.54, 1.807) is 7.11 Å². The number of carbonyl (C=O) groups excluding carboxylic acids is 2. The van der Waals surface area contributed by atoms with Gasteiger partial charge in [-0.1, -0.05) is 18.6 Å². The number of nitrogens with zero attached hydrogens (tertiary/aromatic N) is 1. The predicted molar refractivity (Wildman–Crippen MR) is 103 cm³/mol. The molecule has 0 atom stereocenters. The van der Waals surface area contributed by atoms with Crippen LogP contribution in [0.4, 0.5) is 0 Å². The van der Waals surface area contributed by atoms with Crippen molar-refractivity contribution in [2.45, 2.75) is 38.5 Å². The molecule has 1 heterocycles. The van der Waals surface area contributed by atoms with Crippen molar-refractivity contribution in [1.29, 1.82) is 0 Å². The van der Waals surface area contributed by atoms with Gasteiger partial charge in [0.15, 0.2) is 5.78 Å². The Balaban J connectivity index is 1.48. The fourth-order valence-electron chi connectivity index (χ4n) is 3.08. The predicted octanol–water partition coefficient (Wildman–Crippen LogP) is 2.63. The van der Waals surface area contributed by atoms with Crippen LogP contribution in [0.2, 0.25) is 0 Å². The summed E-state index contributed by atoms with van der Waals surface area (Å²) < 4.78 is 15.6. The molecule has 6 heteroatoms. The van der Waals surface area contributed by atoms with Gasteiger partial charge in [0, 0.05) is 6.54 Å². The minimum Gasteiger partial charge on any atom is -0.497 e. The van der Waals surface area contributed by atoms with E-state index in [1.807, 2.05) is 24.3 Å². The van der Waals surface area contributed by atoms with Crippen molar-refractivity contribution in [3.8, 4) is 5.75 Å². The van der Waals surface area contributed by atoms with Crippen LogP contribution in [0, 0.1) is 0 Å². The summed E-state index contributed by atoms with van der Waals surface area (Å²) in [6.07, 6.45) is 5.10. The van der Waals surface area contributed by atoms with Gasteiger partial charge in [-0.2, -0.15) is 0 Å². The molecule has 27 heavy (non-hydrogen) atoms. The van der Waals surface area contributed by atoms with Crippen molar-refractivity contribution < 1.29 is 23.8 Å². The van der Waals surface area contributed by atoms with Crippen molar-refractivity contribution >= 4 is 11.8 Å². The third-order valence-electron chi connectivity index (χ3n) is 4.64. The Labute approximate surface area is 161 Å². The van der Waals surface area contributed by atoms with Gasteiger partial charge in [0.2, 0.25) is 0 Å². The van der Waals surface area contributed by atoms with Crippen LogP contribution in [0.3, 0.4) is 0 Å². The molecule has 1 fully saturated rings. The van der Waals surface area contributed by atoms with Crippen LogP contribution < -0.4 is 4.74 Å². The van der Waals surface area contributed by atoms with Crippen molar-refractivity contribution in [2.75, 3.05) is 46.6 Å². The van der Waals surface area contributed by atoms with E-state index in [9.17, 15) is 9.59 Å². The quantitative estimate of drug-likeness (QED) is 0.317. The van der Waals surface area contributed by atoms with E-state index >= 15 is 0 Å². The van der Waals surface area contributed by atoms with E-state index < -0.39 is 5.97 Å². The molecule has 0 radical (unpaired) electrons. The SMILES string of the molecule is COc1ccc(CCCOC(=O)CC(=O)COCCN2CCCCC2)cc1. The van der Waals surface area contributed by atoms with Gasteiger partial charge in [-0.05, 0) is 56.5 Å². The van der Waals surface area contributed by atoms with Gasteiger partial charge in [-0.15, -0.1) is 0 Å². The first-order valence-electron chi connectivity index (χ1n) is 9.78. The number of ether oxygens (including phenoxy) is 3. The lowest BCUT2D eigenvalue weighted by Crippen LogP contribution is -2.33. The summed E-state index contributed by atoms with van der Waals surface area (Å²) in [6, 6.07) is 7.80. The Morgan fingerprint density at radius 3 is 2.48 bits per heavy atom. The monoisotopic (exact) mass is 377 g/mol. The molecular formula is C21H31NO5. The first-order chi connectivity index (χ1) is 13.2. The number of ketones is 1. The van der Waals surface area contributed by atoms with Crippen LogP contribution in [0.1, 0.15) is 37.7 Å². The Bertz CT molecular complexity index is 566. The molecule has 2 rings (SSSR count). The zero-order valence-corrected chi connectivity index (χ0v) is 16.3. The first-order valence-corrected chi connectivity index (χ1v) is 9.78. The molecule has 6 nitrogen and oxygen atoms in total. The number of Topliss-reactive ketones (excluding diaryl/α,β-unsaturated/α-hetero) is 1. The summed E-state index contributed by atoms with van der Waals surface area (Å²) in [4.78, 5) is 25.8. The molecule has 0 unspecified atom stereocenters. The standard InChI is InChI=1S/C21H31NO5/c1-25-20-9-7-18(8-10-20)6-5-14-27-21(24)16-19(23)17-26-15-13-22-11-3-2-4-12-22/h7-10H,2-6,11-17H2,1H3. The van der Waals surface area contributed by atoms with Gasteiger partial charge < -0.3 is 19.1 Å². The summed E-state index contributed by atoms with van der Waals surface area (Å²) in [5.41, 5.74) is 1.16. The molecule has 1 aliphatic rings. The van der Waals surface area contributed by atoms with Crippen molar-refractivity contribution in [3.05, 3.63) is 29.8 Å². The van der Waals surface area contributed by atoms with E-state index in [-0.39, 0.29) is 18.8 Å². The summed E-state index contributed by atoms with van der Waals surface area (Å²) in [7, 11) is 1.63. The number of methoxy groups -OCH3 is 1. The molecule has 0 bridgehead atoms. The summed E-state index contributed by atoms with van der Waals surface area (Å²) >= 11 is 0. The van der Waals surface area contributed by atoms with Crippen molar-refractivity contribution in [3.63, 3.8) is 0 Å². The lowest BCUT2D eigenvalue weighted by Gasteiger charge is -2.25. The smallest absolute Gasteiger partial charge is 0.313 e. The van der Waals surface area contributed by atoms with Gasteiger partial charge in [0.1, 0.15) is 18.8 Å². The third-order valence-corrected chi connectivity index (χ3v) is 4.64. The third kappa shape index (κ3) is 9.02. The summed E-state index contributed by atoms with van der Waals surface area (Å²) in [6.45, 7) is 3.90. The highest BCUT2D eigenvalue weighted by molar-refractivity contribution is 5.96. The highest BCUT2D eigenvalue weighted by atomic mass is 16.5. The Hall–Kier alpha value is -1.92. The molecule has 150 valence electrons. The fraction of sp³-hybridized carbons (Fsp3) is 0.619. The molecule has 1 aromatic rings. The zero-order valence-electron chi connectivity index (χ0n) is 16.3. The Morgan fingerprint density at radius 2 is 1.78 bits per heavy atom. The van der Waals surface area contributed by atoms with Crippen LogP contribution in [-0.2, 0) is 25.5 Å². The summed E-state index contributed by atoms with van der Waals surface area (Å²) in [5, 5.41) is 0. The van der Waals surface area contributed by atoms with Crippen molar-refractivity contribution in [1.82, 2.24) is 4.90 Å². The van der Waals surface area contributed by atoms with E-state index in [2.05, 4.69) is 4.90 Å². The van der Waals surface area contributed by atoms with E-state index in [4.69, 9.17) is 14.2 Å². The zero-order chi connectivity index (χ0) is 19.3. The molecule has 0 N–H and O–H groups in total. The highest BCUT2D eigenvalue weighted by Crippen LogP contribution is 2.12. The molecular weight excluding hydrogens is 346 g/mol. The van der Waals surface area contributed by atoms with Gasteiger partial charge in [-0.25, -0.2) is 0 Å². The van der Waals surface area contributed by atoms with Gasteiger partial charge in [-0.3, -0.25) is 9.59 Å². The highest BCUT2D eigenvalue weighted by Gasteiger charge is 2.12. The fourth-order valence-corrected chi connectivity index (χ4v) is 3.08. The maximum absolute atomic E-state index is 11.8. The average Bonchev–Trinajstić information content (AvgIpc) is 2.70. The maximum atomic E-state index is 11.8. The van der Waals surface area contributed by atoms with Crippen LogP contribution in [0.25, 0.3) is 0 Å². The van der Waals surface area contributed by atoms with Gasteiger partial charge in [0.25, 0.3) is 0 Å². The molecule has 0 aliphatic carbocycles. The number of benzene rings is 1. The normalized spacial score (nSPS) is 14.7. The van der Waals surface area contributed by atoms with E-state index in [0.717, 1.165) is 43.8 Å². The molecule has 0 amide bonds. The van der Waals surface area contributed by atoms with Gasteiger partial charge in [0.05, 0.1) is 20.3 Å². The molecule has 1 aliphatic heterocycles. The Morgan fingerprint density at radius 1 is 1.04 bits per heavy atom. The topological polar surface area (TPSA) is 65.1 Å². The number of aryl methyl sites for hydroxylation is 1. The maximum Gasteiger partial charge on any atom is 0.313 e. The number of hydrogen-bond donors (Lipinski definition) is 0. The van der Waals surface area contributed by atoms with Crippen LogP contribution >= 0.6 is 0 Å². The van der Waals surface area contributed by atoms with Crippen LogP contribution in [0.5, 0.6) is 5.75 Å². The Kier molecular flexibility index (Phi) is 9.87. The number of hydrogen-bond acceptors (Lipinski definition) is 6. The number of esters is 1. The minimum atomic E-state index is -0.477. The van der Waals surface area contributed by atoms with Crippen LogP contribution in [-0.4, -0.2) is 63.2 Å². The molecule has 0 saturated carbocycles. The second kappa shape index (κ2) is 12.5. The van der Waals surface area contributed by atoms with Crippen LogP contribution in [0.15, 0.2) is 24.3 Å². The van der Waals surface area contributed by atoms with E-state index in [0.29, 0.717) is 13.2 Å². The van der Waals surface area contributed by atoms with Crippen molar-refractivity contribution in [2.24, 2.45) is 0 Å². The number of piperidine rings is 1. The van der Waals surface area contributed by atoms with E-state index in [1.165, 1.54) is 19.3 Å². The first kappa shape index (κ1) is 21.4. The minimum absolute atomic E-state index is 0.0191. The second-order valence-electron chi connectivity index (χ2n) is 6.84. The number of likely N-dealkylation sites (tertiary alicyclic amines) is 1. The van der Waals surface area contributed by atoms with Gasteiger partial charge >= 0.3 is 5.97 Å². The molecule has 1 aromatic carbocycles. The number of rotatable bonds is 12. The number of carbonyl (C=O) groups is 2. The second-order valence-corrected chi connectivity index (χ2v) is 6.84. The largest absolute Gasteiger partial charge is 0.497 e. The molecule has 0 spiro atoms. The molecule has 0 aromatic heterocycles.